The van der Waals surface area contributed by atoms with Crippen LogP contribution in [0, 0.1) is 6.92 Å². The highest BCUT2D eigenvalue weighted by molar-refractivity contribution is 6.00. The lowest BCUT2D eigenvalue weighted by Gasteiger charge is -2.22. The van der Waals surface area contributed by atoms with Gasteiger partial charge in [-0.25, -0.2) is 0 Å². The zero-order chi connectivity index (χ0) is 20.4. The van der Waals surface area contributed by atoms with Gasteiger partial charge in [0.15, 0.2) is 5.78 Å². The lowest BCUT2D eigenvalue weighted by atomic mass is 9.83. The van der Waals surface area contributed by atoms with Crippen LogP contribution in [0.2, 0.25) is 0 Å². The van der Waals surface area contributed by atoms with Crippen LogP contribution in [0.3, 0.4) is 0 Å². The third-order valence-corrected chi connectivity index (χ3v) is 6.25. The summed E-state index contributed by atoms with van der Waals surface area (Å²) in [4.78, 5) is 28.0. The summed E-state index contributed by atoms with van der Waals surface area (Å²) in [6, 6.07) is 13.6. The van der Waals surface area contributed by atoms with E-state index < -0.39 is 11.9 Å². The number of aryl methyl sites for hydroxylation is 1. The van der Waals surface area contributed by atoms with E-state index in [4.69, 9.17) is 0 Å². The molecule has 0 amide bonds. The number of Topliss-reactive ketones (excluding diaryl/α,β-unsaturated/α-hetero) is 1. The van der Waals surface area contributed by atoms with Crippen molar-refractivity contribution in [3.63, 3.8) is 0 Å². The summed E-state index contributed by atoms with van der Waals surface area (Å²) < 4.78 is 0. The number of carboxylic acid groups (broad SMARTS) is 1. The third kappa shape index (κ3) is 4.12. The van der Waals surface area contributed by atoms with Gasteiger partial charge in [-0.05, 0) is 48.9 Å². The van der Waals surface area contributed by atoms with Crippen LogP contribution in [0.25, 0.3) is 10.9 Å². The fourth-order valence-electron chi connectivity index (χ4n) is 4.51. The number of carboxylic acids is 1. The quantitative estimate of drug-likeness (QED) is 0.511. The van der Waals surface area contributed by atoms with E-state index in [1.165, 1.54) is 37.7 Å². The minimum absolute atomic E-state index is 0.0427. The summed E-state index contributed by atoms with van der Waals surface area (Å²) in [5.74, 6) is -1.42. The number of nitrogens with one attached hydrogen (secondary N) is 1. The van der Waals surface area contributed by atoms with Gasteiger partial charge in [0, 0.05) is 29.1 Å². The van der Waals surface area contributed by atoms with E-state index >= 15 is 0 Å². The van der Waals surface area contributed by atoms with Crippen molar-refractivity contribution in [3.05, 3.63) is 70.9 Å². The molecule has 0 saturated heterocycles. The largest absolute Gasteiger partial charge is 0.481 e. The second-order valence-electron chi connectivity index (χ2n) is 8.27. The van der Waals surface area contributed by atoms with Gasteiger partial charge in [0.25, 0.3) is 0 Å². The molecule has 0 radical (unpaired) electrons. The van der Waals surface area contributed by atoms with Crippen molar-refractivity contribution < 1.29 is 14.7 Å². The van der Waals surface area contributed by atoms with Crippen molar-refractivity contribution in [3.8, 4) is 0 Å². The van der Waals surface area contributed by atoms with Gasteiger partial charge in [-0.3, -0.25) is 9.59 Å². The summed E-state index contributed by atoms with van der Waals surface area (Å²) in [6.45, 7) is 1.96. The first-order valence-electron chi connectivity index (χ1n) is 10.5. The SMILES string of the molecule is Cc1ccc(C(=O)CC(C(=O)O)c2c[nH]c3ccc(C4CCCCC4)cc23)cc1. The van der Waals surface area contributed by atoms with Gasteiger partial charge in [-0.15, -0.1) is 0 Å². The zero-order valence-electron chi connectivity index (χ0n) is 16.8. The van der Waals surface area contributed by atoms with Gasteiger partial charge >= 0.3 is 5.97 Å². The molecule has 1 unspecified atom stereocenters. The van der Waals surface area contributed by atoms with Crippen LogP contribution < -0.4 is 0 Å². The summed E-state index contributed by atoms with van der Waals surface area (Å²) in [6.07, 6.45) is 7.92. The molecule has 2 N–H and O–H groups in total. The standard InChI is InChI=1S/C25H27NO3/c1-16-7-9-18(10-8-16)24(27)14-21(25(28)29)22-15-26-23-12-11-19(13-20(22)23)17-5-3-2-4-6-17/h7-13,15,17,21,26H,2-6,14H2,1H3,(H,28,29). The van der Waals surface area contributed by atoms with Crippen molar-refractivity contribution in [2.75, 3.05) is 0 Å². The number of carbonyl (C=O) groups is 2. The van der Waals surface area contributed by atoms with Gasteiger partial charge in [-0.1, -0.05) is 55.2 Å². The molecule has 3 aromatic rings. The summed E-state index contributed by atoms with van der Waals surface area (Å²) in [7, 11) is 0. The number of hydrogen-bond acceptors (Lipinski definition) is 2. The normalized spacial score (nSPS) is 16.0. The molecule has 1 heterocycles. The maximum absolute atomic E-state index is 12.7. The number of aromatic amines is 1. The maximum Gasteiger partial charge on any atom is 0.311 e. The van der Waals surface area contributed by atoms with Crippen LogP contribution in [-0.4, -0.2) is 21.8 Å². The molecular formula is C25H27NO3. The molecule has 29 heavy (non-hydrogen) atoms. The molecule has 4 rings (SSSR count). The highest BCUT2D eigenvalue weighted by Crippen LogP contribution is 2.36. The molecule has 1 aliphatic rings. The van der Waals surface area contributed by atoms with Crippen LogP contribution >= 0.6 is 0 Å². The number of ketones is 1. The Hall–Kier alpha value is -2.88. The van der Waals surface area contributed by atoms with Gasteiger partial charge in [0.2, 0.25) is 0 Å². The smallest absolute Gasteiger partial charge is 0.311 e. The number of H-pyrrole nitrogens is 1. The monoisotopic (exact) mass is 389 g/mol. The molecule has 4 heteroatoms. The first kappa shape index (κ1) is 19.4. The second-order valence-corrected chi connectivity index (χ2v) is 8.27. The van der Waals surface area contributed by atoms with Crippen molar-refractivity contribution in [1.82, 2.24) is 4.98 Å². The first-order valence-corrected chi connectivity index (χ1v) is 10.5. The van der Waals surface area contributed by atoms with Crippen molar-refractivity contribution in [2.24, 2.45) is 0 Å². The van der Waals surface area contributed by atoms with Crippen LogP contribution in [0.5, 0.6) is 0 Å². The van der Waals surface area contributed by atoms with Crippen molar-refractivity contribution in [2.45, 2.75) is 57.3 Å². The van der Waals surface area contributed by atoms with E-state index in [-0.39, 0.29) is 12.2 Å². The maximum atomic E-state index is 12.7. The van der Waals surface area contributed by atoms with Crippen LogP contribution in [0.15, 0.2) is 48.7 Å². The number of rotatable bonds is 6. The Labute approximate surface area is 171 Å². The van der Waals surface area contributed by atoms with Crippen LogP contribution in [-0.2, 0) is 4.79 Å². The Kier molecular flexibility index (Phi) is 5.52. The lowest BCUT2D eigenvalue weighted by Crippen LogP contribution is -2.16. The Bertz CT molecular complexity index is 1030. The number of benzene rings is 2. The Morgan fingerprint density at radius 3 is 2.48 bits per heavy atom. The number of aliphatic carboxylic acids is 1. The average Bonchev–Trinajstić information content (AvgIpc) is 3.15. The van der Waals surface area contributed by atoms with Crippen molar-refractivity contribution in [1.29, 1.82) is 0 Å². The van der Waals surface area contributed by atoms with E-state index in [1.54, 1.807) is 18.3 Å². The molecule has 1 aliphatic carbocycles. The molecular weight excluding hydrogens is 362 g/mol. The Morgan fingerprint density at radius 2 is 1.79 bits per heavy atom. The first-order chi connectivity index (χ1) is 14.0. The molecule has 1 aromatic heterocycles. The highest BCUT2D eigenvalue weighted by Gasteiger charge is 2.27. The van der Waals surface area contributed by atoms with Crippen LogP contribution in [0.1, 0.15) is 77.4 Å². The van der Waals surface area contributed by atoms with Crippen LogP contribution in [0.4, 0.5) is 0 Å². The third-order valence-electron chi connectivity index (χ3n) is 6.25. The van der Waals surface area contributed by atoms with E-state index in [1.807, 2.05) is 25.1 Å². The van der Waals surface area contributed by atoms with E-state index in [0.717, 1.165) is 16.5 Å². The Morgan fingerprint density at radius 1 is 1.07 bits per heavy atom. The summed E-state index contributed by atoms with van der Waals surface area (Å²) >= 11 is 0. The van der Waals surface area contributed by atoms with E-state index in [0.29, 0.717) is 17.0 Å². The van der Waals surface area contributed by atoms with Gasteiger partial charge < -0.3 is 10.1 Å². The minimum atomic E-state index is -0.963. The number of aromatic nitrogens is 1. The summed E-state index contributed by atoms with van der Waals surface area (Å²) in [5, 5.41) is 10.8. The zero-order valence-corrected chi connectivity index (χ0v) is 16.8. The fraction of sp³-hybridized carbons (Fsp3) is 0.360. The second kappa shape index (κ2) is 8.24. The summed E-state index contributed by atoms with van der Waals surface area (Å²) in [5.41, 5.74) is 4.54. The molecule has 2 aromatic carbocycles. The van der Waals surface area contributed by atoms with E-state index in [9.17, 15) is 14.7 Å². The highest BCUT2D eigenvalue weighted by atomic mass is 16.4. The number of hydrogen-bond donors (Lipinski definition) is 2. The van der Waals surface area contributed by atoms with Gasteiger partial charge in [-0.2, -0.15) is 0 Å². The van der Waals surface area contributed by atoms with E-state index in [2.05, 4.69) is 17.1 Å². The average molecular weight is 389 g/mol. The molecule has 0 bridgehead atoms. The number of fused-ring (bicyclic) bond motifs is 1. The molecule has 4 nitrogen and oxygen atoms in total. The topological polar surface area (TPSA) is 70.2 Å². The minimum Gasteiger partial charge on any atom is -0.481 e. The molecule has 1 fully saturated rings. The predicted molar refractivity (Wildman–Crippen MR) is 115 cm³/mol. The molecule has 0 spiro atoms. The van der Waals surface area contributed by atoms with Gasteiger partial charge in [0.1, 0.15) is 0 Å². The van der Waals surface area contributed by atoms with Crippen molar-refractivity contribution >= 4 is 22.7 Å². The molecule has 150 valence electrons. The molecule has 1 atom stereocenters. The Balaban J connectivity index is 1.65. The molecule has 0 aliphatic heterocycles. The lowest BCUT2D eigenvalue weighted by molar-refractivity contribution is -0.138. The fourth-order valence-corrected chi connectivity index (χ4v) is 4.51. The predicted octanol–water partition coefficient (Wildman–Crippen LogP) is 5.97. The molecule has 1 saturated carbocycles. The number of carbonyl (C=O) groups excluding carboxylic acids is 1. The van der Waals surface area contributed by atoms with Gasteiger partial charge in [0.05, 0.1) is 5.92 Å².